The van der Waals surface area contributed by atoms with Crippen LogP contribution in [0, 0.1) is 12.8 Å². The second kappa shape index (κ2) is 5.99. The number of nitrogens with zero attached hydrogens (tertiary/aromatic N) is 1. The van der Waals surface area contributed by atoms with Crippen LogP contribution in [0.4, 0.5) is 0 Å². The first kappa shape index (κ1) is 13.2. The van der Waals surface area contributed by atoms with Crippen molar-refractivity contribution in [3.05, 3.63) is 29.6 Å². The smallest absolute Gasteiger partial charge is 0.234 e. The first-order valence-electron chi connectivity index (χ1n) is 5.34. The Kier molecular flexibility index (Phi) is 4.93. The van der Waals surface area contributed by atoms with E-state index in [4.69, 9.17) is 0 Å². The lowest BCUT2D eigenvalue weighted by atomic mass is 10.1. The Bertz CT molecular complexity index is 349. The molecule has 1 unspecified atom stereocenters. The molecular weight excluding hydrogens is 268 g/mol. The number of pyridine rings is 1. The first-order chi connectivity index (χ1) is 7.50. The number of amides is 1. The maximum atomic E-state index is 11.6. The fourth-order valence-corrected chi connectivity index (χ4v) is 1.35. The second-order valence-corrected chi connectivity index (χ2v) is 5.16. The van der Waals surface area contributed by atoms with E-state index < -0.39 is 0 Å². The van der Waals surface area contributed by atoms with Gasteiger partial charge in [0.25, 0.3) is 0 Å². The molecule has 0 radical (unpaired) electrons. The molecule has 3 nitrogen and oxygen atoms in total. The summed E-state index contributed by atoms with van der Waals surface area (Å²) in [6.45, 7) is 6.48. The van der Waals surface area contributed by atoms with Crippen LogP contribution in [-0.4, -0.2) is 15.7 Å². The van der Waals surface area contributed by atoms with Crippen molar-refractivity contribution in [3.8, 4) is 0 Å². The Balaban J connectivity index is 2.46. The van der Waals surface area contributed by atoms with Crippen LogP contribution in [0.3, 0.4) is 0 Å². The van der Waals surface area contributed by atoms with Gasteiger partial charge in [0.1, 0.15) is 0 Å². The minimum Gasteiger partial charge on any atom is -0.351 e. The molecular formula is C12H17BrN2O. The van der Waals surface area contributed by atoms with Crippen molar-refractivity contribution in [1.29, 1.82) is 0 Å². The summed E-state index contributed by atoms with van der Waals surface area (Å²) in [5.74, 6) is 0.312. The molecule has 1 rings (SSSR count). The van der Waals surface area contributed by atoms with Crippen LogP contribution < -0.4 is 5.32 Å². The van der Waals surface area contributed by atoms with E-state index in [-0.39, 0.29) is 16.7 Å². The van der Waals surface area contributed by atoms with Crippen molar-refractivity contribution < 1.29 is 4.79 Å². The molecule has 0 saturated heterocycles. The summed E-state index contributed by atoms with van der Waals surface area (Å²) in [6, 6.07) is 3.91. The third-order valence-electron chi connectivity index (χ3n) is 2.28. The van der Waals surface area contributed by atoms with Gasteiger partial charge in [-0.05, 0) is 24.5 Å². The average molecular weight is 285 g/mol. The molecule has 4 heteroatoms. The standard InChI is InChI=1S/C12H17BrN2O/c1-8(2)11(13)12(16)15-7-10-5-4-9(3)14-6-10/h4-6,8,11H,7H2,1-3H3,(H,15,16). The van der Waals surface area contributed by atoms with Crippen LogP contribution in [0.25, 0.3) is 0 Å². The third kappa shape index (κ3) is 3.93. The highest BCUT2D eigenvalue weighted by Crippen LogP contribution is 2.11. The molecule has 0 aromatic carbocycles. The fraction of sp³-hybridized carbons (Fsp3) is 0.500. The zero-order valence-corrected chi connectivity index (χ0v) is 11.4. The molecule has 1 N–H and O–H groups in total. The fourth-order valence-electron chi connectivity index (χ4n) is 1.19. The van der Waals surface area contributed by atoms with Crippen LogP contribution in [0.2, 0.25) is 0 Å². The Morgan fingerprint density at radius 3 is 2.69 bits per heavy atom. The van der Waals surface area contributed by atoms with E-state index in [9.17, 15) is 4.79 Å². The van der Waals surface area contributed by atoms with E-state index in [0.29, 0.717) is 6.54 Å². The summed E-state index contributed by atoms with van der Waals surface area (Å²) >= 11 is 3.37. The number of aryl methyl sites for hydroxylation is 1. The zero-order chi connectivity index (χ0) is 12.1. The normalized spacial score (nSPS) is 12.6. The molecule has 0 aliphatic heterocycles. The number of hydrogen-bond acceptors (Lipinski definition) is 2. The summed E-state index contributed by atoms with van der Waals surface area (Å²) in [5, 5.41) is 2.87. The predicted molar refractivity (Wildman–Crippen MR) is 68.4 cm³/mol. The Morgan fingerprint density at radius 2 is 2.19 bits per heavy atom. The van der Waals surface area contributed by atoms with E-state index >= 15 is 0 Å². The number of halogens is 1. The Hall–Kier alpha value is -0.900. The molecule has 1 aromatic rings. The van der Waals surface area contributed by atoms with Gasteiger partial charge < -0.3 is 5.32 Å². The molecule has 16 heavy (non-hydrogen) atoms. The summed E-state index contributed by atoms with van der Waals surface area (Å²) in [7, 11) is 0. The monoisotopic (exact) mass is 284 g/mol. The van der Waals surface area contributed by atoms with Gasteiger partial charge in [0, 0.05) is 18.4 Å². The van der Waals surface area contributed by atoms with Crippen LogP contribution in [0.15, 0.2) is 18.3 Å². The molecule has 0 aliphatic rings. The molecule has 1 atom stereocenters. The third-order valence-corrected chi connectivity index (χ3v) is 3.75. The van der Waals surface area contributed by atoms with E-state index in [1.165, 1.54) is 0 Å². The van der Waals surface area contributed by atoms with Gasteiger partial charge in [-0.15, -0.1) is 0 Å². The zero-order valence-electron chi connectivity index (χ0n) is 9.83. The highest BCUT2D eigenvalue weighted by atomic mass is 79.9. The van der Waals surface area contributed by atoms with E-state index in [1.807, 2.05) is 32.9 Å². The average Bonchev–Trinajstić information content (AvgIpc) is 2.26. The Labute approximate surface area is 105 Å². The van der Waals surface area contributed by atoms with Gasteiger partial charge in [-0.3, -0.25) is 9.78 Å². The molecule has 88 valence electrons. The number of aromatic nitrogens is 1. The summed E-state index contributed by atoms with van der Waals surface area (Å²) < 4.78 is 0. The van der Waals surface area contributed by atoms with Crippen LogP contribution >= 0.6 is 15.9 Å². The molecule has 1 heterocycles. The van der Waals surface area contributed by atoms with Gasteiger partial charge in [0.2, 0.25) is 5.91 Å². The van der Waals surface area contributed by atoms with Crippen LogP contribution in [0.1, 0.15) is 25.1 Å². The van der Waals surface area contributed by atoms with Crippen molar-refractivity contribution in [2.45, 2.75) is 32.1 Å². The Morgan fingerprint density at radius 1 is 1.50 bits per heavy atom. The van der Waals surface area contributed by atoms with Crippen molar-refractivity contribution in [3.63, 3.8) is 0 Å². The quantitative estimate of drug-likeness (QED) is 0.863. The number of nitrogens with one attached hydrogen (secondary N) is 1. The minimum atomic E-state index is -0.133. The van der Waals surface area contributed by atoms with Crippen molar-refractivity contribution in [2.24, 2.45) is 5.92 Å². The summed E-state index contributed by atoms with van der Waals surface area (Å²) in [4.78, 5) is 15.7. The van der Waals surface area contributed by atoms with Gasteiger partial charge >= 0.3 is 0 Å². The molecule has 0 saturated carbocycles. The maximum Gasteiger partial charge on any atom is 0.234 e. The van der Waals surface area contributed by atoms with Crippen molar-refractivity contribution in [2.75, 3.05) is 0 Å². The molecule has 0 bridgehead atoms. The predicted octanol–water partition coefficient (Wildman–Crippen LogP) is 2.43. The van der Waals surface area contributed by atoms with Crippen molar-refractivity contribution >= 4 is 21.8 Å². The minimum absolute atomic E-state index is 0.0237. The number of hydrogen-bond donors (Lipinski definition) is 1. The van der Waals surface area contributed by atoms with Crippen molar-refractivity contribution in [1.82, 2.24) is 10.3 Å². The molecule has 0 spiro atoms. The highest BCUT2D eigenvalue weighted by molar-refractivity contribution is 9.10. The van der Waals surface area contributed by atoms with Crippen LogP contribution in [-0.2, 0) is 11.3 Å². The van der Waals surface area contributed by atoms with E-state index in [0.717, 1.165) is 11.3 Å². The van der Waals surface area contributed by atoms with Crippen LogP contribution in [0.5, 0.6) is 0 Å². The number of carbonyl (C=O) groups excluding carboxylic acids is 1. The van der Waals surface area contributed by atoms with E-state index in [2.05, 4.69) is 26.2 Å². The summed E-state index contributed by atoms with van der Waals surface area (Å²) in [5.41, 5.74) is 2.00. The highest BCUT2D eigenvalue weighted by Gasteiger charge is 2.17. The second-order valence-electron chi connectivity index (χ2n) is 4.17. The summed E-state index contributed by atoms with van der Waals surface area (Å²) in [6.07, 6.45) is 1.79. The lowest BCUT2D eigenvalue weighted by molar-refractivity contribution is -0.121. The van der Waals surface area contributed by atoms with Gasteiger partial charge in [-0.2, -0.15) is 0 Å². The van der Waals surface area contributed by atoms with Gasteiger partial charge in [0.05, 0.1) is 4.83 Å². The maximum absolute atomic E-state index is 11.6. The molecule has 1 amide bonds. The number of alkyl halides is 1. The number of carbonyl (C=O) groups is 1. The molecule has 1 aromatic heterocycles. The van der Waals surface area contributed by atoms with E-state index in [1.54, 1.807) is 6.20 Å². The molecule has 0 fully saturated rings. The largest absolute Gasteiger partial charge is 0.351 e. The lowest BCUT2D eigenvalue weighted by Crippen LogP contribution is -2.33. The lowest BCUT2D eigenvalue weighted by Gasteiger charge is -2.13. The SMILES string of the molecule is Cc1ccc(CNC(=O)C(Br)C(C)C)cn1. The van der Waals surface area contributed by atoms with Gasteiger partial charge in [0.15, 0.2) is 0 Å². The van der Waals surface area contributed by atoms with Gasteiger partial charge in [-0.1, -0.05) is 35.8 Å². The number of rotatable bonds is 4. The van der Waals surface area contributed by atoms with Gasteiger partial charge in [-0.25, -0.2) is 0 Å². The first-order valence-corrected chi connectivity index (χ1v) is 6.25. The molecule has 0 aliphatic carbocycles. The topological polar surface area (TPSA) is 42.0 Å².